The van der Waals surface area contributed by atoms with E-state index < -0.39 is 0 Å². The van der Waals surface area contributed by atoms with E-state index in [9.17, 15) is 4.79 Å². The monoisotopic (exact) mass is 329 g/mol. The summed E-state index contributed by atoms with van der Waals surface area (Å²) in [5.41, 5.74) is 1.16. The molecule has 2 aliphatic heterocycles. The molecular formula is C17H19N3O2S. The molecule has 1 saturated heterocycles. The van der Waals surface area contributed by atoms with Crippen molar-refractivity contribution in [3.8, 4) is 0 Å². The maximum atomic E-state index is 13.1. The molecule has 6 heteroatoms. The molecule has 5 nitrogen and oxygen atoms in total. The zero-order valence-electron chi connectivity index (χ0n) is 13.1. The van der Waals surface area contributed by atoms with Crippen LogP contribution in [0.25, 0.3) is 0 Å². The minimum atomic E-state index is -0.0469. The molecule has 4 rings (SSSR count). The Morgan fingerprint density at radius 2 is 2.30 bits per heavy atom. The van der Waals surface area contributed by atoms with Gasteiger partial charge in [0, 0.05) is 23.6 Å². The SMILES string of the molecule is CCc1nc([C@H]2CCCN2C(=O)[C@@H]2CSc3ccccc32)no1. The van der Waals surface area contributed by atoms with Crippen LogP contribution in [-0.2, 0) is 11.2 Å². The van der Waals surface area contributed by atoms with Gasteiger partial charge in [0.15, 0.2) is 5.82 Å². The molecule has 1 aromatic carbocycles. The van der Waals surface area contributed by atoms with Gasteiger partial charge in [-0.05, 0) is 24.5 Å². The molecule has 3 heterocycles. The molecule has 1 fully saturated rings. The summed E-state index contributed by atoms with van der Waals surface area (Å²) in [6.45, 7) is 2.77. The number of aryl methyl sites for hydroxylation is 1. The molecule has 0 N–H and O–H groups in total. The third-order valence-corrected chi connectivity index (χ3v) is 5.80. The Hall–Kier alpha value is -1.82. The number of nitrogens with zero attached hydrogens (tertiary/aromatic N) is 3. The summed E-state index contributed by atoms with van der Waals surface area (Å²) in [6.07, 6.45) is 2.63. The summed E-state index contributed by atoms with van der Waals surface area (Å²) in [5.74, 6) is 2.28. The lowest BCUT2D eigenvalue weighted by atomic mass is 9.99. The number of hydrogen-bond acceptors (Lipinski definition) is 5. The average molecular weight is 329 g/mol. The summed E-state index contributed by atoms with van der Waals surface area (Å²) >= 11 is 1.77. The molecule has 2 aliphatic rings. The lowest BCUT2D eigenvalue weighted by Gasteiger charge is -2.25. The van der Waals surface area contributed by atoms with Crippen molar-refractivity contribution in [1.82, 2.24) is 15.0 Å². The summed E-state index contributed by atoms with van der Waals surface area (Å²) in [6, 6.07) is 8.18. The fourth-order valence-electron chi connectivity index (χ4n) is 3.41. The fraction of sp³-hybridized carbons (Fsp3) is 0.471. The van der Waals surface area contributed by atoms with E-state index in [1.165, 1.54) is 4.90 Å². The highest BCUT2D eigenvalue weighted by atomic mass is 32.2. The summed E-state index contributed by atoms with van der Waals surface area (Å²) in [4.78, 5) is 20.7. The normalized spacial score (nSPS) is 23.3. The van der Waals surface area contributed by atoms with Crippen LogP contribution in [0.2, 0.25) is 0 Å². The van der Waals surface area contributed by atoms with Gasteiger partial charge in [0.1, 0.15) is 0 Å². The van der Waals surface area contributed by atoms with E-state index in [2.05, 4.69) is 22.3 Å². The average Bonchev–Trinajstić information content (AvgIpc) is 3.31. The number of rotatable bonds is 3. The first-order valence-electron chi connectivity index (χ1n) is 8.12. The third-order valence-electron chi connectivity index (χ3n) is 4.62. The molecule has 2 atom stereocenters. The van der Waals surface area contributed by atoms with Crippen LogP contribution in [0.4, 0.5) is 0 Å². The largest absolute Gasteiger partial charge is 0.339 e. The van der Waals surface area contributed by atoms with Crippen molar-refractivity contribution in [3.63, 3.8) is 0 Å². The Bertz CT molecular complexity index is 730. The predicted molar refractivity (Wildman–Crippen MR) is 87.3 cm³/mol. The van der Waals surface area contributed by atoms with Gasteiger partial charge >= 0.3 is 0 Å². The molecule has 2 aromatic rings. The second-order valence-corrected chi connectivity index (χ2v) is 7.05. The van der Waals surface area contributed by atoms with Gasteiger partial charge in [-0.25, -0.2) is 0 Å². The molecule has 23 heavy (non-hydrogen) atoms. The second kappa shape index (κ2) is 6.00. The van der Waals surface area contributed by atoms with E-state index in [1.807, 2.05) is 24.0 Å². The van der Waals surface area contributed by atoms with E-state index in [1.54, 1.807) is 11.8 Å². The lowest BCUT2D eigenvalue weighted by Crippen LogP contribution is -2.35. The number of aromatic nitrogens is 2. The van der Waals surface area contributed by atoms with Crippen LogP contribution < -0.4 is 0 Å². The number of benzene rings is 1. The first-order valence-corrected chi connectivity index (χ1v) is 9.11. The van der Waals surface area contributed by atoms with E-state index in [0.29, 0.717) is 11.7 Å². The number of carbonyl (C=O) groups is 1. The van der Waals surface area contributed by atoms with Crippen molar-refractivity contribution in [2.24, 2.45) is 0 Å². The van der Waals surface area contributed by atoms with Crippen LogP contribution in [0.5, 0.6) is 0 Å². The zero-order chi connectivity index (χ0) is 15.8. The van der Waals surface area contributed by atoms with Crippen molar-refractivity contribution in [2.45, 2.75) is 43.0 Å². The van der Waals surface area contributed by atoms with Gasteiger partial charge in [0.25, 0.3) is 0 Å². The highest BCUT2D eigenvalue weighted by molar-refractivity contribution is 7.99. The van der Waals surface area contributed by atoms with Crippen LogP contribution in [0.15, 0.2) is 33.7 Å². The minimum Gasteiger partial charge on any atom is -0.339 e. The van der Waals surface area contributed by atoms with Gasteiger partial charge in [-0.15, -0.1) is 11.8 Å². The zero-order valence-corrected chi connectivity index (χ0v) is 13.9. The molecular weight excluding hydrogens is 310 g/mol. The predicted octanol–water partition coefficient (Wildman–Crippen LogP) is 3.19. The Kier molecular flexibility index (Phi) is 3.85. The molecule has 0 saturated carbocycles. The van der Waals surface area contributed by atoms with E-state index in [0.717, 1.165) is 37.1 Å². The molecule has 0 bridgehead atoms. The van der Waals surface area contributed by atoms with Gasteiger partial charge in [-0.1, -0.05) is 30.3 Å². The highest BCUT2D eigenvalue weighted by Gasteiger charge is 2.39. The standard InChI is InChI=1S/C17H19N3O2S/c1-2-15-18-16(19-22-15)13-7-5-9-20(13)17(21)12-10-23-14-8-4-3-6-11(12)14/h3-4,6,8,12-13H,2,5,7,9-10H2,1H3/t12-,13-/m1/s1. The van der Waals surface area contributed by atoms with Crippen molar-refractivity contribution in [3.05, 3.63) is 41.5 Å². The van der Waals surface area contributed by atoms with Crippen LogP contribution in [0.1, 0.15) is 49.0 Å². The summed E-state index contributed by atoms with van der Waals surface area (Å²) < 4.78 is 5.23. The number of carbonyl (C=O) groups excluding carboxylic acids is 1. The van der Waals surface area contributed by atoms with Crippen LogP contribution in [-0.4, -0.2) is 33.2 Å². The Morgan fingerprint density at radius 1 is 1.43 bits per heavy atom. The number of thioether (sulfide) groups is 1. The lowest BCUT2D eigenvalue weighted by molar-refractivity contribution is -0.133. The topological polar surface area (TPSA) is 59.2 Å². The molecule has 0 spiro atoms. The second-order valence-electron chi connectivity index (χ2n) is 5.99. The first kappa shape index (κ1) is 14.8. The number of likely N-dealkylation sites (tertiary alicyclic amines) is 1. The van der Waals surface area contributed by atoms with Crippen molar-refractivity contribution < 1.29 is 9.32 Å². The van der Waals surface area contributed by atoms with E-state index in [-0.39, 0.29) is 17.9 Å². The van der Waals surface area contributed by atoms with Gasteiger partial charge < -0.3 is 9.42 Å². The van der Waals surface area contributed by atoms with E-state index in [4.69, 9.17) is 4.52 Å². The summed E-state index contributed by atoms with van der Waals surface area (Å²) in [5, 5.41) is 4.09. The Morgan fingerprint density at radius 3 is 3.13 bits per heavy atom. The molecule has 0 unspecified atom stereocenters. The Labute approximate surface area is 139 Å². The first-order chi connectivity index (χ1) is 11.3. The van der Waals surface area contributed by atoms with Crippen molar-refractivity contribution in [1.29, 1.82) is 0 Å². The number of amides is 1. The van der Waals surface area contributed by atoms with Crippen molar-refractivity contribution >= 4 is 17.7 Å². The minimum absolute atomic E-state index is 0.0377. The maximum absolute atomic E-state index is 13.1. The Balaban J connectivity index is 1.58. The van der Waals surface area contributed by atoms with Gasteiger partial charge in [-0.2, -0.15) is 4.98 Å². The van der Waals surface area contributed by atoms with Gasteiger partial charge in [-0.3, -0.25) is 4.79 Å². The molecule has 0 radical (unpaired) electrons. The maximum Gasteiger partial charge on any atom is 0.231 e. The molecule has 0 aliphatic carbocycles. The van der Waals surface area contributed by atoms with Crippen LogP contribution in [0.3, 0.4) is 0 Å². The number of hydrogen-bond donors (Lipinski definition) is 0. The quantitative estimate of drug-likeness (QED) is 0.865. The number of fused-ring (bicyclic) bond motifs is 1. The van der Waals surface area contributed by atoms with Crippen LogP contribution in [0, 0.1) is 0 Å². The molecule has 1 amide bonds. The van der Waals surface area contributed by atoms with Crippen molar-refractivity contribution in [2.75, 3.05) is 12.3 Å². The fourth-order valence-corrected chi connectivity index (χ4v) is 4.63. The van der Waals surface area contributed by atoms with E-state index >= 15 is 0 Å². The molecule has 1 aromatic heterocycles. The third kappa shape index (κ3) is 2.55. The van der Waals surface area contributed by atoms with Gasteiger partial charge in [0.2, 0.25) is 11.8 Å². The summed E-state index contributed by atoms with van der Waals surface area (Å²) in [7, 11) is 0. The van der Waals surface area contributed by atoms with Crippen LogP contribution >= 0.6 is 11.8 Å². The van der Waals surface area contributed by atoms with Gasteiger partial charge in [0.05, 0.1) is 12.0 Å². The smallest absolute Gasteiger partial charge is 0.231 e. The highest BCUT2D eigenvalue weighted by Crippen LogP contribution is 2.42. The molecule has 120 valence electrons.